The monoisotopic (exact) mass is 174 g/mol. The summed E-state index contributed by atoms with van der Waals surface area (Å²) in [6, 6.07) is 8.18. The Morgan fingerprint density at radius 2 is 1.92 bits per heavy atom. The maximum absolute atomic E-state index is 10.2. The zero-order chi connectivity index (χ0) is 9.52. The highest BCUT2D eigenvalue weighted by Crippen LogP contribution is 2.11. The Morgan fingerprint density at radius 1 is 1.23 bits per heavy atom. The second-order valence-electron chi connectivity index (χ2n) is 2.97. The molecule has 1 aromatic rings. The molecule has 0 spiro atoms. The van der Waals surface area contributed by atoms with Crippen molar-refractivity contribution in [1.82, 2.24) is 0 Å². The van der Waals surface area contributed by atoms with Crippen molar-refractivity contribution in [2.45, 2.75) is 19.3 Å². The van der Waals surface area contributed by atoms with Crippen LogP contribution in [0.15, 0.2) is 36.9 Å². The van der Waals surface area contributed by atoms with E-state index < -0.39 is 0 Å². The van der Waals surface area contributed by atoms with Gasteiger partial charge in [-0.3, -0.25) is 0 Å². The maximum Gasteiger partial charge on any atom is 0.120 e. The van der Waals surface area contributed by atoms with E-state index in [1.807, 2.05) is 18.2 Å². The molecule has 1 rings (SSSR count). The van der Waals surface area contributed by atoms with E-state index in [2.05, 4.69) is 18.7 Å². The summed E-state index contributed by atoms with van der Waals surface area (Å²) in [5.74, 6) is 0. The first kappa shape index (κ1) is 9.72. The minimum absolute atomic E-state index is 0.605. The average molecular weight is 174 g/mol. The molecule has 0 unspecified atom stereocenters. The van der Waals surface area contributed by atoms with Crippen molar-refractivity contribution in [1.29, 1.82) is 0 Å². The molecule has 0 radical (unpaired) electrons. The van der Waals surface area contributed by atoms with Gasteiger partial charge in [0.05, 0.1) is 0 Å². The predicted molar refractivity (Wildman–Crippen MR) is 54.7 cm³/mol. The number of aryl methyl sites for hydroxylation is 1. The SMILES string of the molecule is C=CCc1ccccc1CCC=O. The van der Waals surface area contributed by atoms with Gasteiger partial charge in [-0.05, 0) is 24.0 Å². The molecule has 0 saturated heterocycles. The molecule has 13 heavy (non-hydrogen) atoms. The molecule has 0 atom stereocenters. The van der Waals surface area contributed by atoms with Crippen molar-refractivity contribution < 1.29 is 4.79 Å². The van der Waals surface area contributed by atoms with Crippen molar-refractivity contribution in [3.63, 3.8) is 0 Å². The van der Waals surface area contributed by atoms with Gasteiger partial charge in [-0.15, -0.1) is 6.58 Å². The van der Waals surface area contributed by atoms with Crippen LogP contribution in [0, 0.1) is 0 Å². The Bertz CT molecular complexity index is 289. The molecule has 0 bridgehead atoms. The van der Waals surface area contributed by atoms with E-state index in [0.29, 0.717) is 6.42 Å². The van der Waals surface area contributed by atoms with E-state index in [1.165, 1.54) is 11.1 Å². The fourth-order valence-electron chi connectivity index (χ4n) is 1.37. The van der Waals surface area contributed by atoms with Crippen molar-refractivity contribution in [2.24, 2.45) is 0 Å². The van der Waals surface area contributed by atoms with E-state index in [9.17, 15) is 4.79 Å². The lowest BCUT2D eigenvalue weighted by atomic mass is 10.0. The number of rotatable bonds is 5. The van der Waals surface area contributed by atoms with Crippen molar-refractivity contribution in [3.8, 4) is 0 Å². The average Bonchev–Trinajstić information content (AvgIpc) is 2.17. The topological polar surface area (TPSA) is 17.1 Å². The smallest absolute Gasteiger partial charge is 0.120 e. The Labute approximate surface area is 79.1 Å². The molecule has 1 nitrogen and oxygen atoms in total. The highest BCUT2D eigenvalue weighted by Gasteiger charge is 1.98. The van der Waals surface area contributed by atoms with Crippen LogP contribution in [0.1, 0.15) is 17.5 Å². The van der Waals surface area contributed by atoms with Crippen LogP contribution < -0.4 is 0 Å². The summed E-state index contributed by atoms with van der Waals surface area (Å²) in [4.78, 5) is 10.2. The first-order chi connectivity index (χ1) is 6.38. The molecule has 0 aliphatic rings. The molecule has 0 aromatic heterocycles. The Hall–Kier alpha value is -1.37. The minimum atomic E-state index is 0.605. The van der Waals surface area contributed by atoms with Crippen LogP contribution >= 0.6 is 0 Å². The van der Waals surface area contributed by atoms with E-state index in [-0.39, 0.29) is 0 Å². The van der Waals surface area contributed by atoms with Gasteiger partial charge in [0.15, 0.2) is 0 Å². The van der Waals surface area contributed by atoms with Gasteiger partial charge in [-0.25, -0.2) is 0 Å². The Kier molecular flexibility index (Phi) is 3.97. The third kappa shape index (κ3) is 2.86. The molecule has 1 heteroatoms. The fourth-order valence-corrected chi connectivity index (χ4v) is 1.37. The fraction of sp³-hybridized carbons (Fsp3) is 0.250. The molecule has 0 fully saturated rings. The van der Waals surface area contributed by atoms with Crippen LogP contribution in [-0.4, -0.2) is 6.29 Å². The summed E-state index contributed by atoms with van der Waals surface area (Å²) in [5.41, 5.74) is 2.54. The van der Waals surface area contributed by atoms with Crippen molar-refractivity contribution in [2.75, 3.05) is 0 Å². The Morgan fingerprint density at radius 3 is 2.54 bits per heavy atom. The summed E-state index contributed by atoms with van der Waals surface area (Å²) in [5, 5.41) is 0. The lowest BCUT2D eigenvalue weighted by Crippen LogP contribution is -1.93. The molecule has 0 heterocycles. The van der Waals surface area contributed by atoms with Crippen LogP contribution in [-0.2, 0) is 17.6 Å². The molecule has 68 valence electrons. The molecule has 0 saturated carbocycles. The lowest BCUT2D eigenvalue weighted by Gasteiger charge is -2.04. The number of carbonyl (C=O) groups excluding carboxylic acids is 1. The molecule has 0 amide bonds. The third-order valence-corrected chi connectivity index (χ3v) is 2.01. The second-order valence-corrected chi connectivity index (χ2v) is 2.97. The molecule has 0 aliphatic heterocycles. The quantitative estimate of drug-likeness (QED) is 0.495. The van der Waals surface area contributed by atoms with Gasteiger partial charge >= 0.3 is 0 Å². The Balaban J connectivity index is 2.77. The van der Waals surface area contributed by atoms with E-state index in [0.717, 1.165) is 19.1 Å². The minimum Gasteiger partial charge on any atom is -0.303 e. The molecule has 1 aromatic carbocycles. The van der Waals surface area contributed by atoms with E-state index in [1.54, 1.807) is 0 Å². The number of aldehydes is 1. The number of hydrogen-bond donors (Lipinski definition) is 0. The first-order valence-corrected chi connectivity index (χ1v) is 4.49. The zero-order valence-corrected chi connectivity index (χ0v) is 7.70. The summed E-state index contributed by atoms with van der Waals surface area (Å²) < 4.78 is 0. The summed E-state index contributed by atoms with van der Waals surface area (Å²) >= 11 is 0. The standard InChI is InChI=1S/C12H14O/c1-2-6-11-7-3-4-8-12(11)9-5-10-13/h2-4,7-8,10H,1,5-6,9H2. The third-order valence-electron chi connectivity index (χ3n) is 2.01. The van der Waals surface area contributed by atoms with Crippen LogP contribution in [0.3, 0.4) is 0 Å². The van der Waals surface area contributed by atoms with E-state index in [4.69, 9.17) is 0 Å². The van der Waals surface area contributed by atoms with Crippen molar-refractivity contribution in [3.05, 3.63) is 48.0 Å². The van der Waals surface area contributed by atoms with Gasteiger partial charge in [-0.2, -0.15) is 0 Å². The summed E-state index contributed by atoms with van der Waals surface area (Å²) in [7, 11) is 0. The van der Waals surface area contributed by atoms with Gasteiger partial charge in [0, 0.05) is 6.42 Å². The van der Waals surface area contributed by atoms with Gasteiger partial charge in [0.2, 0.25) is 0 Å². The second kappa shape index (κ2) is 5.31. The molecule has 0 aliphatic carbocycles. The first-order valence-electron chi connectivity index (χ1n) is 4.49. The van der Waals surface area contributed by atoms with Crippen LogP contribution in [0.5, 0.6) is 0 Å². The molecule has 0 N–H and O–H groups in total. The number of benzene rings is 1. The summed E-state index contributed by atoms with van der Waals surface area (Å²) in [6.07, 6.45) is 5.18. The van der Waals surface area contributed by atoms with Crippen molar-refractivity contribution >= 4 is 6.29 Å². The van der Waals surface area contributed by atoms with E-state index >= 15 is 0 Å². The number of carbonyl (C=O) groups is 1. The normalized spacial score (nSPS) is 9.54. The summed E-state index contributed by atoms with van der Waals surface area (Å²) in [6.45, 7) is 3.71. The largest absolute Gasteiger partial charge is 0.303 e. The van der Waals surface area contributed by atoms with Gasteiger partial charge in [0.1, 0.15) is 6.29 Å². The van der Waals surface area contributed by atoms with Crippen LogP contribution in [0.4, 0.5) is 0 Å². The van der Waals surface area contributed by atoms with Gasteiger partial charge < -0.3 is 4.79 Å². The van der Waals surface area contributed by atoms with Crippen LogP contribution in [0.2, 0.25) is 0 Å². The highest BCUT2D eigenvalue weighted by molar-refractivity contribution is 5.50. The lowest BCUT2D eigenvalue weighted by molar-refractivity contribution is -0.107. The highest BCUT2D eigenvalue weighted by atomic mass is 16.1. The molecular weight excluding hydrogens is 160 g/mol. The number of allylic oxidation sites excluding steroid dienone is 1. The maximum atomic E-state index is 10.2. The molecular formula is C12H14O. The van der Waals surface area contributed by atoms with Gasteiger partial charge in [-0.1, -0.05) is 30.3 Å². The predicted octanol–water partition coefficient (Wildman–Crippen LogP) is 2.55. The number of hydrogen-bond acceptors (Lipinski definition) is 1. The van der Waals surface area contributed by atoms with Gasteiger partial charge in [0.25, 0.3) is 0 Å². The zero-order valence-electron chi connectivity index (χ0n) is 7.70. The van der Waals surface area contributed by atoms with Crippen LogP contribution in [0.25, 0.3) is 0 Å².